The molecule has 1 unspecified atom stereocenters. The van der Waals surface area contributed by atoms with Crippen molar-refractivity contribution in [1.82, 2.24) is 0 Å². The Kier molecular flexibility index (Phi) is 4.77. The average molecular weight is 412 g/mol. The summed E-state index contributed by atoms with van der Waals surface area (Å²) >= 11 is 0. The van der Waals surface area contributed by atoms with Gasteiger partial charge >= 0.3 is 5.97 Å². The van der Waals surface area contributed by atoms with Crippen molar-refractivity contribution in [3.63, 3.8) is 0 Å². The lowest BCUT2D eigenvalue weighted by Gasteiger charge is -2.33. The molecule has 8 nitrogen and oxygen atoms in total. The van der Waals surface area contributed by atoms with Gasteiger partial charge in [-0.1, -0.05) is 6.58 Å². The summed E-state index contributed by atoms with van der Waals surface area (Å²) in [5.74, 6) is -1.47. The molecule has 1 N–H and O–H groups in total. The normalized spacial score (nSPS) is 19.3. The molecular weight excluding hydrogens is 392 g/mol. The third-order valence-corrected chi connectivity index (χ3v) is 5.44. The Bertz CT molecular complexity index is 1050. The minimum Gasteiger partial charge on any atom is -0.493 e. The van der Waals surface area contributed by atoms with Crippen LogP contribution in [0.1, 0.15) is 27.4 Å². The number of ketones is 1. The first-order valence-electron chi connectivity index (χ1n) is 9.11. The first-order valence-corrected chi connectivity index (χ1v) is 9.11. The molecular formula is C22H20O8. The summed E-state index contributed by atoms with van der Waals surface area (Å²) in [6, 6.07) is 6.60. The van der Waals surface area contributed by atoms with Gasteiger partial charge in [-0.3, -0.25) is 9.59 Å². The summed E-state index contributed by atoms with van der Waals surface area (Å²) in [5, 5.41) is 9.97. The van der Waals surface area contributed by atoms with Gasteiger partial charge in [-0.2, -0.15) is 0 Å². The number of hydrogen-bond donors (Lipinski definition) is 1. The summed E-state index contributed by atoms with van der Waals surface area (Å²) in [6.07, 6.45) is 0. The van der Waals surface area contributed by atoms with Crippen LogP contribution in [0.2, 0.25) is 0 Å². The number of aliphatic carboxylic acids is 1. The first kappa shape index (κ1) is 19.6. The predicted molar refractivity (Wildman–Crippen MR) is 105 cm³/mol. The van der Waals surface area contributed by atoms with Crippen LogP contribution >= 0.6 is 0 Å². The minimum absolute atomic E-state index is 0.00684. The molecule has 4 rings (SSSR count). The van der Waals surface area contributed by atoms with E-state index >= 15 is 0 Å². The van der Waals surface area contributed by atoms with Gasteiger partial charge in [0.15, 0.2) is 28.8 Å². The average Bonchev–Trinajstić information content (AvgIpc) is 3.21. The third kappa shape index (κ3) is 2.83. The van der Waals surface area contributed by atoms with Gasteiger partial charge in [-0.15, -0.1) is 0 Å². The summed E-state index contributed by atoms with van der Waals surface area (Å²) in [5.41, 5.74) is 1.41. The molecule has 1 aliphatic heterocycles. The highest BCUT2D eigenvalue weighted by molar-refractivity contribution is 6.14. The van der Waals surface area contributed by atoms with Crippen LogP contribution in [-0.2, 0) is 4.79 Å². The molecule has 2 aliphatic rings. The molecule has 0 radical (unpaired) electrons. The van der Waals surface area contributed by atoms with E-state index in [-0.39, 0.29) is 12.4 Å². The molecule has 156 valence electrons. The SMILES string of the molecule is C=C1C(=O)c2cc3c(cc2C(c2cc(OC)c(OC)c(OC)c2)[C@@H]1C(=O)O)OCO3. The van der Waals surface area contributed by atoms with Gasteiger partial charge in [0.1, 0.15) is 0 Å². The number of carbonyl (C=O) groups is 2. The van der Waals surface area contributed by atoms with E-state index in [0.29, 0.717) is 45.4 Å². The van der Waals surface area contributed by atoms with E-state index in [1.165, 1.54) is 21.3 Å². The molecule has 2 aromatic rings. The standard InChI is InChI=1S/C22H20O8/c1-10-18(22(24)25)19(11-5-16(26-2)21(28-4)17(6-11)27-3)12-7-14-15(30-9-29-14)8-13(12)20(10)23/h5-8,18-19H,1,9H2,2-4H3,(H,24,25)/t18-,19?/m1/s1. The zero-order valence-corrected chi connectivity index (χ0v) is 16.7. The van der Waals surface area contributed by atoms with E-state index in [1.807, 2.05) is 0 Å². The number of hydrogen-bond acceptors (Lipinski definition) is 7. The summed E-state index contributed by atoms with van der Waals surface area (Å²) in [4.78, 5) is 25.1. The lowest BCUT2D eigenvalue weighted by atomic mass is 9.69. The number of carboxylic acid groups (broad SMARTS) is 1. The van der Waals surface area contributed by atoms with Crippen LogP contribution in [0.5, 0.6) is 28.7 Å². The molecule has 2 atom stereocenters. The number of benzene rings is 2. The van der Waals surface area contributed by atoms with Crippen molar-refractivity contribution in [3.8, 4) is 28.7 Å². The van der Waals surface area contributed by atoms with Gasteiger partial charge in [0.25, 0.3) is 0 Å². The van der Waals surface area contributed by atoms with E-state index in [2.05, 4.69) is 6.58 Å². The van der Waals surface area contributed by atoms with Gasteiger partial charge in [-0.05, 0) is 35.4 Å². The molecule has 0 aromatic heterocycles. The Labute approximate surface area is 172 Å². The maximum absolute atomic E-state index is 12.9. The number of ether oxygens (including phenoxy) is 5. The first-order chi connectivity index (χ1) is 14.4. The van der Waals surface area contributed by atoms with Gasteiger partial charge in [0, 0.05) is 17.1 Å². The van der Waals surface area contributed by atoms with Crippen molar-refractivity contribution in [2.24, 2.45) is 5.92 Å². The number of methoxy groups -OCH3 is 3. The van der Waals surface area contributed by atoms with Crippen molar-refractivity contribution in [2.75, 3.05) is 28.1 Å². The maximum atomic E-state index is 12.9. The molecule has 0 saturated heterocycles. The summed E-state index contributed by atoms with van der Waals surface area (Å²) in [7, 11) is 4.44. The molecule has 0 amide bonds. The zero-order valence-electron chi connectivity index (χ0n) is 16.7. The van der Waals surface area contributed by atoms with Crippen LogP contribution in [0.4, 0.5) is 0 Å². The summed E-state index contributed by atoms with van der Waals surface area (Å²) in [6.45, 7) is 3.83. The van der Waals surface area contributed by atoms with Crippen molar-refractivity contribution in [1.29, 1.82) is 0 Å². The van der Waals surface area contributed by atoms with Gasteiger partial charge in [0.05, 0.1) is 27.2 Å². The Hall–Kier alpha value is -3.68. The van der Waals surface area contributed by atoms with Crippen LogP contribution in [0.3, 0.4) is 0 Å². The highest BCUT2D eigenvalue weighted by atomic mass is 16.7. The number of carboxylic acids is 1. The highest BCUT2D eigenvalue weighted by Crippen LogP contribution is 2.50. The van der Waals surface area contributed by atoms with Crippen LogP contribution in [0.15, 0.2) is 36.4 Å². The van der Waals surface area contributed by atoms with Crippen LogP contribution in [0, 0.1) is 5.92 Å². The Morgan fingerprint density at radius 2 is 1.63 bits per heavy atom. The topological polar surface area (TPSA) is 101 Å². The molecule has 30 heavy (non-hydrogen) atoms. The molecule has 0 bridgehead atoms. The van der Waals surface area contributed by atoms with Crippen LogP contribution in [-0.4, -0.2) is 45.0 Å². The summed E-state index contributed by atoms with van der Waals surface area (Å²) < 4.78 is 27.1. The second kappa shape index (κ2) is 7.29. The fourth-order valence-electron chi connectivity index (χ4n) is 4.05. The smallest absolute Gasteiger partial charge is 0.312 e. The number of Topliss-reactive ketones (excluding diaryl/α,β-unsaturated/α-hetero) is 1. The largest absolute Gasteiger partial charge is 0.493 e. The van der Waals surface area contributed by atoms with Crippen LogP contribution in [0.25, 0.3) is 0 Å². The van der Waals surface area contributed by atoms with E-state index in [9.17, 15) is 14.7 Å². The fraction of sp³-hybridized carbons (Fsp3) is 0.273. The second-order valence-electron chi connectivity index (χ2n) is 6.90. The fourth-order valence-corrected chi connectivity index (χ4v) is 4.05. The van der Waals surface area contributed by atoms with Gasteiger partial charge < -0.3 is 28.8 Å². The predicted octanol–water partition coefficient (Wildman–Crippen LogP) is 3.03. The lowest BCUT2D eigenvalue weighted by Crippen LogP contribution is -2.33. The lowest BCUT2D eigenvalue weighted by molar-refractivity contribution is -0.140. The van der Waals surface area contributed by atoms with Crippen molar-refractivity contribution >= 4 is 11.8 Å². The van der Waals surface area contributed by atoms with Crippen LogP contribution < -0.4 is 23.7 Å². The van der Waals surface area contributed by atoms with E-state index in [1.54, 1.807) is 24.3 Å². The van der Waals surface area contributed by atoms with Gasteiger partial charge in [0.2, 0.25) is 12.5 Å². The molecule has 0 saturated carbocycles. The second-order valence-corrected chi connectivity index (χ2v) is 6.90. The quantitative estimate of drug-likeness (QED) is 0.748. The number of carbonyl (C=O) groups excluding carboxylic acids is 1. The Morgan fingerprint density at radius 1 is 1.03 bits per heavy atom. The van der Waals surface area contributed by atoms with Crippen molar-refractivity contribution in [2.45, 2.75) is 5.92 Å². The molecule has 8 heteroatoms. The Morgan fingerprint density at radius 3 is 2.17 bits per heavy atom. The zero-order chi connectivity index (χ0) is 21.6. The van der Waals surface area contributed by atoms with Crippen molar-refractivity contribution < 1.29 is 38.4 Å². The van der Waals surface area contributed by atoms with Crippen molar-refractivity contribution in [3.05, 3.63) is 53.1 Å². The third-order valence-electron chi connectivity index (χ3n) is 5.44. The molecule has 0 fully saturated rings. The minimum atomic E-state index is -1.17. The number of rotatable bonds is 5. The molecule has 1 aliphatic carbocycles. The molecule has 0 spiro atoms. The van der Waals surface area contributed by atoms with E-state index < -0.39 is 23.6 Å². The monoisotopic (exact) mass is 412 g/mol. The maximum Gasteiger partial charge on any atom is 0.312 e. The van der Waals surface area contributed by atoms with E-state index in [4.69, 9.17) is 23.7 Å². The molecule has 1 heterocycles. The highest BCUT2D eigenvalue weighted by Gasteiger charge is 2.44. The van der Waals surface area contributed by atoms with Gasteiger partial charge in [-0.25, -0.2) is 0 Å². The number of fused-ring (bicyclic) bond motifs is 2. The Balaban J connectivity index is 2.00. The van der Waals surface area contributed by atoms with E-state index in [0.717, 1.165) is 0 Å². The molecule has 2 aromatic carbocycles.